The van der Waals surface area contributed by atoms with E-state index in [9.17, 15) is 0 Å². The highest BCUT2D eigenvalue weighted by Crippen LogP contribution is 2.12. The van der Waals surface area contributed by atoms with Gasteiger partial charge in [0.2, 0.25) is 0 Å². The first-order chi connectivity index (χ1) is 7.19. The van der Waals surface area contributed by atoms with Crippen molar-refractivity contribution in [2.24, 2.45) is 0 Å². The first kappa shape index (κ1) is 11.5. The Morgan fingerprint density at radius 2 is 2.07 bits per heavy atom. The van der Waals surface area contributed by atoms with Crippen LogP contribution in [0, 0.1) is 18.3 Å². The molecule has 1 N–H and O–H groups in total. The third-order valence-electron chi connectivity index (χ3n) is 2.42. The molecule has 80 valence electrons. The molecule has 0 atom stereocenters. The molecule has 0 saturated carbocycles. The van der Waals surface area contributed by atoms with Gasteiger partial charge in [-0.25, -0.2) is 4.98 Å². The van der Waals surface area contributed by atoms with Crippen molar-refractivity contribution in [3.63, 3.8) is 0 Å². The zero-order chi connectivity index (χ0) is 11.3. The summed E-state index contributed by atoms with van der Waals surface area (Å²) in [6, 6.07) is 6.16. The minimum atomic E-state index is 0.436. The van der Waals surface area contributed by atoms with Crippen LogP contribution in [0.3, 0.4) is 0 Å². The third kappa shape index (κ3) is 3.25. The summed E-state index contributed by atoms with van der Waals surface area (Å²) < 4.78 is 0. The molecule has 0 aliphatic heterocycles. The summed E-state index contributed by atoms with van der Waals surface area (Å²) >= 11 is 0. The van der Waals surface area contributed by atoms with Crippen LogP contribution in [0.2, 0.25) is 0 Å². The van der Waals surface area contributed by atoms with E-state index in [4.69, 9.17) is 5.26 Å². The van der Waals surface area contributed by atoms with E-state index in [0.29, 0.717) is 11.6 Å². The largest absolute Gasteiger partial charge is 0.367 e. The third-order valence-corrected chi connectivity index (χ3v) is 2.42. The number of aromatic nitrogens is 1. The van der Waals surface area contributed by atoms with E-state index in [1.807, 2.05) is 6.92 Å². The van der Waals surface area contributed by atoms with Crippen LogP contribution >= 0.6 is 0 Å². The Morgan fingerprint density at radius 1 is 1.40 bits per heavy atom. The van der Waals surface area contributed by atoms with E-state index < -0.39 is 0 Å². The van der Waals surface area contributed by atoms with E-state index in [0.717, 1.165) is 24.4 Å². The average molecular weight is 203 g/mol. The molecular weight excluding hydrogens is 186 g/mol. The molecule has 3 nitrogen and oxygen atoms in total. The van der Waals surface area contributed by atoms with Gasteiger partial charge in [0.05, 0.1) is 11.6 Å². The minimum absolute atomic E-state index is 0.436. The van der Waals surface area contributed by atoms with Crippen LogP contribution in [0.25, 0.3) is 0 Å². The molecule has 1 heterocycles. The maximum atomic E-state index is 8.83. The molecule has 0 amide bonds. The van der Waals surface area contributed by atoms with Crippen molar-refractivity contribution >= 4 is 5.82 Å². The average Bonchev–Trinajstić information content (AvgIpc) is 2.25. The van der Waals surface area contributed by atoms with E-state index in [2.05, 4.69) is 30.2 Å². The Kier molecular flexibility index (Phi) is 4.11. The Morgan fingerprint density at radius 3 is 2.60 bits per heavy atom. The monoisotopic (exact) mass is 203 g/mol. The lowest BCUT2D eigenvalue weighted by Gasteiger charge is -2.15. The quantitative estimate of drug-likeness (QED) is 0.818. The Balaban J connectivity index is 2.85. The SMILES string of the molecule is CCC(CC)Nc1cc(C#N)cc(C)n1. The van der Waals surface area contributed by atoms with E-state index in [1.165, 1.54) is 0 Å². The van der Waals surface area contributed by atoms with Crippen molar-refractivity contribution in [3.8, 4) is 6.07 Å². The van der Waals surface area contributed by atoms with Crippen LogP contribution in [0.1, 0.15) is 37.9 Å². The maximum Gasteiger partial charge on any atom is 0.127 e. The zero-order valence-corrected chi connectivity index (χ0v) is 9.54. The smallest absolute Gasteiger partial charge is 0.127 e. The fourth-order valence-corrected chi connectivity index (χ4v) is 1.51. The van der Waals surface area contributed by atoms with E-state index in [1.54, 1.807) is 12.1 Å². The number of anilines is 1. The Bertz CT molecular complexity index is 362. The number of hydrogen-bond acceptors (Lipinski definition) is 3. The number of aryl methyl sites for hydroxylation is 1. The van der Waals surface area contributed by atoms with Crippen LogP contribution in [-0.4, -0.2) is 11.0 Å². The van der Waals surface area contributed by atoms with Gasteiger partial charge in [-0.15, -0.1) is 0 Å². The normalized spacial score (nSPS) is 10.1. The van der Waals surface area contributed by atoms with Crippen LogP contribution < -0.4 is 5.32 Å². The molecule has 0 aliphatic rings. The van der Waals surface area contributed by atoms with Crippen LogP contribution in [0.15, 0.2) is 12.1 Å². The van der Waals surface area contributed by atoms with Crippen LogP contribution in [0.4, 0.5) is 5.82 Å². The lowest BCUT2D eigenvalue weighted by molar-refractivity contribution is 0.668. The second kappa shape index (κ2) is 5.35. The number of nitrogens with zero attached hydrogens (tertiary/aromatic N) is 2. The molecule has 0 bridgehead atoms. The molecule has 15 heavy (non-hydrogen) atoms. The molecule has 0 radical (unpaired) electrons. The van der Waals surface area contributed by atoms with Crippen molar-refractivity contribution in [1.82, 2.24) is 4.98 Å². The van der Waals surface area contributed by atoms with Gasteiger partial charge in [-0.3, -0.25) is 0 Å². The summed E-state index contributed by atoms with van der Waals surface area (Å²) in [4.78, 5) is 4.36. The summed E-state index contributed by atoms with van der Waals surface area (Å²) in [6.07, 6.45) is 2.13. The number of rotatable bonds is 4. The predicted octanol–water partition coefficient (Wildman–Crippen LogP) is 2.86. The van der Waals surface area contributed by atoms with Gasteiger partial charge in [0, 0.05) is 11.7 Å². The van der Waals surface area contributed by atoms with E-state index in [-0.39, 0.29) is 0 Å². The highest BCUT2D eigenvalue weighted by molar-refractivity contribution is 5.44. The molecule has 1 aromatic rings. The molecule has 0 fully saturated rings. The lowest BCUT2D eigenvalue weighted by Crippen LogP contribution is -2.18. The van der Waals surface area contributed by atoms with E-state index >= 15 is 0 Å². The second-order valence-corrected chi connectivity index (χ2v) is 3.65. The fourth-order valence-electron chi connectivity index (χ4n) is 1.51. The molecular formula is C12H17N3. The zero-order valence-electron chi connectivity index (χ0n) is 9.54. The molecule has 0 aromatic carbocycles. The number of pyridine rings is 1. The molecule has 0 spiro atoms. The topological polar surface area (TPSA) is 48.7 Å². The van der Waals surface area contributed by atoms with Gasteiger partial charge in [0.15, 0.2) is 0 Å². The predicted molar refractivity (Wildman–Crippen MR) is 61.7 cm³/mol. The van der Waals surface area contributed by atoms with Crippen molar-refractivity contribution in [2.45, 2.75) is 39.7 Å². The summed E-state index contributed by atoms with van der Waals surface area (Å²) in [5.74, 6) is 0.806. The van der Waals surface area contributed by atoms with Gasteiger partial charge < -0.3 is 5.32 Å². The van der Waals surface area contributed by atoms with Gasteiger partial charge in [-0.05, 0) is 31.9 Å². The molecule has 0 saturated heterocycles. The summed E-state index contributed by atoms with van der Waals surface area (Å²) in [5, 5.41) is 12.2. The number of nitriles is 1. The minimum Gasteiger partial charge on any atom is -0.367 e. The summed E-state index contributed by atoms with van der Waals surface area (Å²) in [5.41, 5.74) is 1.54. The first-order valence-corrected chi connectivity index (χ1v) is 5.34. The number of nitrogens with one attached hydrogen (secondary N) is 1. The van der Waals surface area contributed by atoms with Gasteiger partial charge in [-0.2, -0.15) is 5.26 Å². The van der Waals surface area contributed by atoms with Crippen molar-refractivity contribution in [3.05, 3.63) is 23.4 Å². The van der Waals surface area contributed by atoms with Crippen LogP contribution in [0.5, 0.6) is 0 Å². The van der Waals surface area contributed by atoms with Crippen molar-refractivity contribution in [1.29, 1.82) is 5.26 Å². The van der Waals surface area contributed by atoms with Gasteiger partial charge in [0.1, 0.15) is 5.82 Å². The van der Waals surface area contributed by atoms with Crippen LogP contribution in [-0.2, 0) is 0 Å². The van der Waals surface area contributed by atoms with Gasteiger partial charge >= 0.3 is 0 Å². The van der Waals surface area contributed by atoms with Gasteiger partial charge in [-0.1, -0.05) is 13.8 Å². The fraction of sp³-hybridized carbons (Fsp3) is 0.500. The molecule has 0 unspecified atom stereocenters. The highest BCUT2D eigenvalue weighted by Gasteiger charge is 2.05. The lowest BCUT2D eigenvalue weighted by atomic mass is 10.1. The Labute approximate surface area is 91.1 Å². The summed E-state index contributed by atoms with van der Waals surface area (Å²) in [6.45, 7) is 6.18. The molecule has 1 aromatic heterocycles. The molecule has 0 aliphatic carbocycles. The molecule has 3 heteroatoms. The number of hydrogen-bond donors (Lipinski definition) is 1. The molecule has 1 rings (SSSR count). The standard InChI is InChI=1S/C12H17N3/c1-4-11(5-2)15-12-7-10(8-13)6-9(3)14-12/h6-7,11H,4-5H2,1-3H3,(H,14,15). The second-order valence-electron chi connectivity index (χ2n) is 3.65. The maximum absolute atomic E-state index is 8.83. The van der Waals surface area contributed by atoms with Crippen molar-refractivity contribution in [2.75, 3.05) is 5.32 Å². The Hall–Kier alpha value is -1.56. The van der Waals surface area contributed by atoms with Crippen molar-refractivity contribution < 1.29 is 0 Å². The summed E-state index contributed by atoms with van der Waals surface area (Å²) in [7, 11) is 0. The highest BCUT2D eigenvalue weighted by atomic mass is 15.0. The van der Waals surface area contributed by atoms with Gasteiger partial charge in [0.25, 0.3) is 0 Å². The first-order valence-electron chi connectivity index (χ1n) is 5.34.